The summed E-state index contributed by atoms with van der Waals surface area (Å²) in [5, 5.41) is 0.735. The summed E-state index contributed by atoms with van der Waals surface area (Å²) in [7, 11) is 0. The van der Waals surface area contributed by atoms with Crippen LogP contribution in [0.3, 0.4) is 0 Å². The number of pyridine rings is 1. The zero-order chi connectivity index (χ0) is 67.2. The quantitative estimate of drug-likeness (QED) is 0.135. The average molecular weight is 1310 g/mol. The van der Waals surface area contributed by atoms with Gasteiger partial charge in [-0.2, -0.15) is 12.1 Å². The van der Waals surface area contributed by atoms with Gasteiger partial charge in [-0.1, -0.05) is 217 Å². The summed E-state index contributed by atoms with van der Waals surface area (Å²) >= 11 is 0. The van der Waals surface area contributed by atoms with Crippen molar-refractivity contribution in [2.24, 2.45) is 0 Å². The molecule has 0 N–H and O–H groups in total. The van der Waals surface area contributed by atoms with Gasteiger partial charge in [0.2, 0.25) is 0 Å². The van der Waals surface area contributed by atoms with Gasteiger partial charge in [0.25, 0.3) is 0 Å². The van der Waals surface area contributed by atoms with Gasteiger partial charge in [0.1, 0.15) is 5.82 Å². The Bertz CT molecular complexity index is 4910. The van der Waals surface area contributed by atoms with Gasteiger partial charge in [-0.25, -0.2) is 4.98 Å². The molecule has 0 radical (unpaired) electrons. The smallest absolute Gasteiger partial charge is 0.135 e. The molecule has 0 amide bonds. The van der Waals surface area contributed by atoms with Crippen LogP contribution in [0, 0.1) is 18.8 Å². The van der Waals surface area contributed by atoms with Crippen molar-refractivity contribution in [3.63, 3.8) is 0 Å². The second kappa shape index (κ2) is 21.8. The van der Waals surface area contributed by atoms with Crippen molar-refractivity contribution in [2.45, 2.75) is 130 Å². The molecule has 0 unspecified atom stereocenters. The fourth-order valence-corrected chi connectivity index (χ4v) is 12.5. The van der Waals surface area contributed by atoms with E-state index in [1.807, 2.05) is 39.0 Å². The molecule has 5 nitrogen and oxygen atoms in total. The third kappa shape index (κ3) is 10.7. The van der Waals surface area contributed by atoms with Gasteiger partial charge in [0.05, 0.1) is 12.3 Å². The van der Waals surface area contributed by atoms with Gasteiger partial charge in [-0.15, -0.1) is 48.1 Å². The SMILES string of the molecule is [2H]c1c([2H])c([2H])c(-c2cnc(-n3c4[c-]c(Oc5[c-]c(N6[CH-]N(c7c(-c8cc(-c9ccccc9)cc(C(C)(C)C)c8)cc(C(C)(C)C)cc7-c7ccc8c(c7)C(C)(C)CCC8(C)C)c7ccccc76)ccc5)ccc4c4c([2H])c([2H])c([2H])c([2H])c43)cc2C(C)(C)C)c([2H])c1[2H].[Pt]. The third-order valence-corrected chi connectivity index (χ3v) is 17.4. The van der Waals surface area contributed by atoms with E-state index in [-0.39, 0.29) is 94.9 Å². The van der Waals surface area contributed by atoms with Crippen LogP contribution in [0.15, 0.2) is 200 Å². The van der Waals surface area contributed by atoms with E-state index in [9.17, 15) is 2.74 Å². The molecule has 0 atom stereocenters. The molecule has 6 heteroatoms. The molecule has 3 heterocycles. The molecule has 11 aromatic rings. The molecular weight excluding hydrogens is 1230 g/mol. The molecule has 0 spiro atoms. The number of hydrogen-bond acceptors (Lipinski definition) is 4. The van der Waals surface area contributed by atoms with E-state index < -0.39 is 35.6 Å². The molecule has 0 fully saturated rings. The normalized spacial score (nSPS) is 16.2. The summed E-state index contributed by atoms with van der Waals surface area (Å²) in [5.41, 5.74) is 16.0. The van der Waals surface area contributed by atoms with Gasteiger partial charge >= 0.3 is 0 Å². The largest absolute Gasteiger partial charge is 0.509 e. The van der Waals surface area contributed by atoms with E-state index in [1.165, 1.54) is 28.5 Å². The first-order valence-electron chi connectivity index (χ1n) is 34.1. The molecule has 1 aliphatic carbocycles. The van der Waals surface area contributed by atoms with E-state index >= 15 is 0 Å². The Balaban J connectivity index is 0.00000864. The van der Waals surface area contributed by atoms with Crippen LogP contribution in [0.5, 0.6) is 11.5 Å². The minimum Gasteiger partial charge on any atom is -0.509 e. The maximum absolute atomic E-state index is 9.35. The monoisotopic (exact) mass is 1310 g/mol. The van der Waals surface area contributed by atoms with Crippen molar-refractivity contribution in [3.05, 3.63) is 247 Å². The average Bonchev–Trinajstić information content (AvgIpc) is 1.67. The molecule has 2 aromatic heterocycles. The van der Waals surface area contributed by atoms with Gasteiger partial charge < -0.3 is 19.1 Å². The molecule has 0 bridgehead atoms. The maximum atomic E-state index is 9.35. The summed E-state index contributed by atoms with van der Waals surface area (Å²) in [6.07, 6.45) is 3.68. The van der Waals surface area contributed by atoms with Crippen LogP contribution in [0.2, 0.25) is 0 Å². The van der Waals surface area contributed by atoms with E-state index in [0.717, 1.165) is 63.3 Å². The first-order chi connectivity index (χ1) is 44.2. The minimum atomic E-state index is -0.681. The maximum Gasteiger partial charge on any atom is 0.135 e. The second-order valence-corrected chi connectivity index (χ2v) is 27.4. The van der Waals surface area contributed by atoms with Crippen LogP contribution in [0.25, 0.3) is 72.1 Å². The minimum absolute atomic E-state index is 0. The number of anilines is 4. The Kier molecular flexibility index (Phi) is 12.2. The van der Waals surface area contributed by atoms with E-state index in [2.05, 4.69) is 201 Å². The van der Waals surface area contributed by atoms with Crippen LogP contribution in [0.4, 0.5) is 22.7 Å². The molecule has 0 saturated heterocycles. The van der Waals surface area contributed by atoms with Crippen molar-refractivity contribution < 1.29 is 38.1 Å². The van der Waals surface area contributed by atoms with E-state index in [1.54, 1.807) is 22.8 Å². The number of hydrogen-bond donors (Lipinski definition) is 0. The summed E-state index contributed by atoms with van der Waals surface area (Å²) in [5.74, 6) is 0.915. The molecule has 9 aromatic carbocycles. The molecule has 2 aliphatic rings. The number of nitrogens with zero attached hydrogens (tertiary/aromatic N) is 4. The predicted octanol–water partition coefficient (Wildman–Crippen LogP) is 21.9. The Hall–Kier alpha value is -7.98. The Morgan fingerprint density at radius 2 is 1.14 bits per heavy atom. The first-order valence-corrected chi connectivity index (χ1v) is 29.6. The van der Waals surface area contributed by atoms with Gasteiger partial charge in [-0.3, -0.25) is 0 Å². The van der Waals surface area contributed by atoms with Crippen LogP contribution in [-0.2, 0) is 48.1 Å². The van der Waals surface area contributed by atoms with Crippen molar-refractivity contribution in [2.75, 3.05) is 9.80 Å². The zero-order valence-corrected chi connectivity index (χ0v) is 53.6. The Labute approximate surface area is 537 Å². The van der Waals surface area contributed by atoms with Gasteiger partial charge in [-0.05, 0) is 143 Å². The molecule has 86 heavy (non-hydrogen) atoms. The number of rotatable bonds is 9. The Morgan fingerprint density at radius 3 is 1.85 bits per heavy atom. The van der Waals surface area contributed by atoms with Crippen molar-refractivity contribution >= 4 is 44.6 Å². The van der Waals surface area contributed by atoms with Crippen LogP contribution in [-0.4, -0.2) is 9.55 Å². The fourth-order valence-electron chi connectivity index (χ4n) is 12.5. The van der Waals surface area contributed by atoms with Crippen molar-refractivity contribution in [3.8, 4) is 61.8 Å². The summed E-state index contributed by atoms with van der Waals surface area (Å²) in [4.78, 5) is 9.40. The van der Waals surface area contributed by atoms with Crippen molar-refractivity contribution in [1.82, 2.24) is 9.55 Å². The molecule has 13 rings (SSSR count). The molecule has 436 valence electrons. The first kappa shape index (κ1) is 48.2. The number of fused-ring (bicyclic) bond motifs is 5. The summed E-state index contributed by atoms with van der Waals surface area (Å²) in [6.45, 7) is 31.3. The van der Waals surface area contributed by atoms with Gasteiger partial charge in [0.15, 0.2) is 0 Å². The number of para-hydroxylation sites is 3. The van der Waals surface area contributed by atoms with Crippen LogP contribution < -0.4 is 14.5 Å². The fraction of sp³-hybridized carbons (Fsp3) is 0.250. The molecular formula is C80H77N4OPt-3. The van der Waals surface area contributed by atoms with E-state index in [0.29, 0.717) is 33.5 Å². The number of benzene rings is 9. The summed E-state index contributed by atoms with van der Waals surface area (Å²) in [6, 6.07) is 52.9. The predicted molar refractivity (Wildman–Crippen MR) is 357 cm³/mol. The van der Waals surface area contributed by atoms with Crippen LogP contribution in [0.1, 0.15) is 143 Å². The van der Waals surface area contributed by atoms with Gasteiger partial charge in [0, 0.05) is 78.0 Å². The molecule has 0 saturated carbocycles. The van der Waals surface area contributed by atoms with Crippen LogP contribution >= 0.6 is 0 Å². The topological polar surface area (TPSA) is 33.5 Å². The zero-order valence-electron chi connectivity index (χ0n) is 60.4. The van der Waals surface area contributed by atoms with E-state index in [4.69, 9.17) is 19.3 Å². The number of aromatic nitrogens is 2. The van der Waals surface area contributed by atoms with Crippen molar-refractivity contribution in [1.29, 1.82) is 0 Å². The molecule has 1 aliphatic heterocycles. The summed E-state index contributed by atoms with van der Waals surface area (Å²) < 4.78 is 87.8. The second-order valence-electron chi connectivity index (χ2n) is 27.4. The standard InChI is InChI=1S/C80H77N4O.Pt/c1-76(2,3)57-42-55(52-25-16-14-17-26-52)41-56(43-57)65-46-58(77(4,5)6)45-64(54-35-38-67-69(44-54)80(12,13)40-39-79(67,10)11)75(65)83-51-82(71-33-22-23-34-72(71)83)59-29-24-30-60(47-59)85-61-36-37-63-62-31-20-21-32-70(62)84(73(63)48-61)74-49-68(78(7,8)9)66(50-81-74)53-27-18-15-19-28-53;/h14-38,41-46,49-51H,39-40H2,1-13H3;/q-3;/i15D,18D,19D,20D,21D,27D,28D,31D,32D;. The Morgan fingerprint density at radius 1 is 0.512 bits per heavy atom. The third-order valence-electron chi connectivity index (χ3n) is 17.4. The number of ether oxygens (including phenoxy) is 1.